The molecular formula is C8H18NO10P. The number of hydrogen-bond donors (Lipinski definition) is 8. The van der Waals surface area contributed by atoms with Gasteiger partial charge in [-0.2, -0.15) is 0 Å². The lowest BCUT2D eigenvalue weighted by Crippen LogP contribution is -2.53. The molecule has 120 valence electrons. The molecule has 0 aromatic heterocycles. The normalized spacial score (nSPS) is 17.0. The Kier molecular flexibility index (Phi) is 10.6. The summed E-state index contributed by atoms with van der Waals surface area (Å²) in [4.78, 5) is 42.6. The first-order valence-electron chi connectivity index (χ1n) is 5.09. The molecule has 0 fully saturated rings. The third kappa shape index (κ3) is 12.1. The minimum Gasteiger partial charge on any atom is -0.394 e. The topological polar surface area (TPSA) is 205 Å². The molecule has 0 aromatic carbocycles. The van der Waals surface area contributed by atoms with Crippen LogP contribution in [0, 0.1) is 0 Å². The number of hydrogen-bond acceptors (Lipinski definition) is 7. The van der Waals surface area contributed by atoms with E-state index in [1.165, 1.54) is 0 Å². The van der Waals surface area contributed by atoms with Gasteiger partial charge in [-0.3, -0.25) is 4.79 Å². The standard InChI is InChI=1S/C8H15NO6.H3O4P/c1-4(12)9-5(2-10)7(14)8(15)6(13)3-11;1-5(2,3)4/h2,5-8,11,13-15H,3H2,1H3,(H,9,12);(H3,1,2,3,4)/t5-,6-,7-,8-;/m1./s1. The number of aldehydes is 1. The second-order valence-electron chi connectivity index (χ2n) is 3.61. The Morgan fingerprint density at radius 1 is 1.20 bits per heavy atom. The summed E-state index contributed by atoms with van der Waals surface area (Å²) in [7, 11) is -4.64. The van der Waals surface area contributed by atoms with Gasteiger partial charge in [0.25, 0.3) is 0 Å². The van der Waals surface area contributed by atoms with Crippen LogP contribution in [0.2, 0.25) is 0 Å². The summed E-state index contributed by atoms with van der Waals surface area (Å²) in [5, 5.41) is 38.2. The Bertz CT molecular complexity index is 336. The number of amides is 1. The van der Waals surface area contributed by atoms with Crippen molar-refractivity contribution in [1.29, 1.82) is 0 Å². The molecule has 0 rings (SSSR count). The van der Waals surface area contributed by atoms with Gasteiger partial charge in [-0.25, -0.2) is 4.57 Å². The lowest BCUT2D eigenvalue weighted by molar-refractivity contribution is -0.129. The van der Waals surface area contributed by atoms with Crippen LogP contribution in [0.1, 0.15) is 6.92 Å². The van der Waals surface area contributed by atoms with Crippen molar-refractivity contribution >= 4 is 20.0 Å². The first kappa shape index (κ1) is 21.4. The van der Waals surface area contributed by atoms with Gasteiger partial charge in [0.05, 0.1) is 6.61 Å². The summed E-state index contributed by atoms with van der Waals surface area (Å²) < 4.78 is 8.88. The lowest BCUT2D eigenvalue weighted by Gasteiger charge is -2.25. The van der Waals surface area contributed by atoms with E-state index in [0.29, 0.717) is 0 Å². The molecule has 0 saturated carbocycles. The van der Waals surface area contributed by atoms with Crippen molar-refractivity contribution in [3.8, 4) is 0 Å². The SMILES string of the molecule is CC(=O)N[C@H](C=O)[C@@H](O)[C@H](O)[C@H](O)CO.O=P(O)(O)O. The molecule has 0 heterocycles. The Balaban J connectivity index is 0. The Hall–Kier alpha value is -0.910. The van der Waals surface area contributed by atoms with Gasteiger partial charge >= 0.3 is 7.82 Å². The van der Waals surface area contributed by atoms with Gasteiger partial charge in [-0.05, 0) is 0 Å². The summed E-state index contributed by atoms with van der Waals surface area (Å²) in [6, 6.07) is -1.32. The predicted molar refractivity (Wildman–Crippen MR) is 63.0 cm³/mol. The lowest BCUT2D eigenvalue weighted by atomic mass is 10.0. The highest BCUT2D eigenvalue weighted by Crippen LogP contribution is 2.25. The molecule has 0 spiro atoms. The van der Waals surface area contributed by atoms with Crippen molar-refractivity contribution in [3.05, 3.63) is 0 Å². The van der Waals surface area contributed by atoms with Crippen LogP contribution in [-0.4, -0.2) is 78.3 Å². The predicted octanol–water partition coefficient (Wildman–Crippen LogP) is -4.16. The maximum Gasteiger partial charge on any atom is 0.466 e. The minimum atomic E-state index is -4.64. The van der Waals surface area contributed by atoms with Gasteiger partial charge in [-0.1, -0.05) is 0 Å². The number of carbonyl (C=O) groups is 2. The number of carbonyl (C=O) groups excluding carboxylic acids is 2. The third-order valence-electron chi connectivity index (χ3n) is 1.82. The third-order valence-corrected chi connectivity index (χ3v) is 1.82. The fraction of sp³-hybridized carbons (Fsp3) is 0.750. The van der Waals surface area contributed by atoms with E-state index in [1.807, 2.05) is 0 Å². The van der Waals surface area contributed by atoms with Gasteiger partial charge in [-0.15, -0.1) is 0 Å². The quantitative estimate of drug-likeness (QED) is 0.175. The van der Waals surface area contributed by atoms with Crippen molar-refractivity contribution in [1.82, 2.24) is 5.32 Å². The maximum absolute atomic E-state index is 10.6. The van der Waals surface area contributed by atoms with E-state index in [0.717, 1.165) is 6.92 Å². The smallest absolute Gasteiger partial charge is 0.394 e. The highest BCUT2D eigenvalue weighted by molar-refractivity contribution is 7.45. The van der Waals surface area contributed by atoms with Crippen LogP contribution < -0.4 is 5.32 Å². The first-order valence-corrected chi connectivity index (χ1v) is 6.66. The molecule has 0 radical (unpaired) electrons. The fourth-order valence-electron chi connectivity index (χ4n) is 0.983. The number of aliphatic hydroxyl groups is 4. The van der Waals surface area contributed by atoms with Gasteiger partial charge in [0.2, 0.25) is 5.91 Å². The molecule has 0 saturated heterocycles. The van der Waals surface area contributed by atoms with Gasteiger partial charge in [0.1, 0.15) is 30.6 Å². The van der Waals surface area contributed by atoms with Crippen LogP contribution in [0.25, 0.3) is 0 Å². The average molecular weight is 319 g/mol. The molecule has 0 aliphatic rings. The zero-order valence-electron chi connectivity index (χ0n) is 10.4. The molecule has 0 bridgehead atoms. The van der Waals surface area contributed by atoms with Crippen molar-refractivity contribution in [3.63, 3.8) is 0 Å². The van der Waals surface area contributed by atoms with Crippen molar-refractivity contribution < 1.29 is 49.3 Å². The molecule has 11 nitrogen and oxygen atoms in total. The van der Waals surface area contributed by atoms with Crippen LogP contribution >= 0.6 is 7.82 Å². The molecule has 12 heteroatoms. The first-order chi connectivity index (χ1) is 8.93. The van der Waals surface area contributed by atoms with Gasteiger partial charge in [0, 0.05) is 6.92 Å². The van der Waals surface area contributed by atoms with Crippen molar-refractivity contribution in [2.75, 3.05) is 6.61 Å². The van der Waals surface area contributed by atoms with E-state index >= 15 is 0 Å². The highest BCUT2D eigenvalue weighted by Gasteiger charge is 2.31. The molecule has 0 aliphatic heterocycles. The number of nitrogens with one attached hydrogen (secondary N) is 1. The molecule has 8 N–H and O–H groups in total. The summed E-state index contributed by atoms with van der Waals surface area (Å²) in [5.74, 6) is -0.558. The fourth-order valence-corrected chi connectivity index (χ4v) is 0.983. The molecule has 4 atom stereocenters. The molecule has 20 heavy (non-hydrogen) atoms. The average Bonchev–Trinajstić information content (AvgIpc) is 2.30. The summed E-state index contributed by atoms with van der Waals surface area (Å²) in [6.45, 7) is 0.377. The van der Waals surface area contributed by atoms with Gasteiger partial charge in [0.15, 0.2) is 0 Å². The Morgan fingerprint density at radius 2 is 1.60 bits per heavy atom. The van der Waals surface area contributed by atoms with Crippen LogP contribution in [0.3, 0.4) is 0 Å². The maximum atomic E-state index is 10.6. The number of aliphatic hydroxyl groups excluding tert-OH is 4. The van der Waals surface area contributed by atoms with Crippen LogP contribution in [0.15, 0.2) is 0 Å². The van der Waals surface area contributed by atoms with E-state index in [9.17, 15) is 19.8 Å². The number of rotatable bonds is 6. The molecule has 0 unspecified atom stereocenters. The Labute approximate surface area is 113 Å². The van der Waals surface area contributed by atoms with E-state index in [4.69, 9.17) is 29.5 Å². The molecule has 0 aliphatic carbocycles. The van der Waals surface area contributed by atoms with Crippen LogP contribution in [0.5, 0.6) is 0 Å². The molecular weight excluding hydrogens is 301 g/mol. The summed E-state index contributed by atoms with van der Waals surface area (Å²) in [5.41, 5.74) is 0. The minimum absolute atomic E-state index is 0.235. The van der Waals surface area contributed by atoms with E-state index < -0.39 is 44.7 Å². The van der Waals surface area contributed by atoms with E-state index in [-0.39, 0.29) is 6.29 Å². The second-order valence-corrected chi connectivity index (χ2v) is 4.63. The van der Waals surface area contributed by atoms with Crippen LogP contribution in [-0.2, 0) is 14.2 Å². The zero-order chi connectivity index (χ0) is 16.5. The zero-order valence-corrected chi connectivity index (χ0v) is 11.3. The van der Waals surface area contributed by atoms with Crippen molar-refractivity contribution in [2.24, 2.45) is 0 Å². The monoisotopic (exact) mass is 319 g/mol. The molecule has 0 aromatic rings. The summed E-state index contributed by atoms with van der Waals surface area (Å²) in [6.07, 6.45) is -4.72. The van der Waals surface area contributed by atoms with E-state index in [1.54, 1.807) is 0 Å². The summed E-state index contributed by atoms with van der Waals surface area (Å²) >= 11 is 0. The molecule has 1 amide bonds. The largest absolute Gasteiger partial charge is 0.466 e. The second kappa shape index (κ2) is 9.91. The highest BCUT2D eigenvalue weighted by atomic mass is 31.2. The van der Waals surface area contributed by atoms with Crippen molar-refractivity contribution in [2.45, 2.75) is 31.3 Å². The van der Waals surface area contributed by atoms with Crippen LogP contribution in [0.4, 0.5) is 0 Å². The van der Waals surface area contributed by atoms with Gasteiger partial charge < -0.3 is 45.2 Å². The Morgan fingerprint density at radius 3 is 1.85 bits per heavy atom. The van der Waals surface area contributed by atoms with E-state index in [2.05, 4.69) is 5.32 Å². The number of phosphoric acid groups is 1.